The summed E-state index contributed by atoms with van der Waals surface area (Å²) >= 11 is 0. The molecule has 0 radical (unpaired) electrons. The molecule has 0 amide bonds. The van der Waals surface area contributed by atoms with Crippen molar-refractivity contribution in [3.63, 3.8) is 0 Å². The van der Waals surface area contributed by atoms with Crippen LogP contribution < -0.4 is 0 Å². The molecule has 0 N–H and O–H groups in total. The molecular weight excluding hydrogens is 336 g/mol. The molecule has 3 rings (SSSR count). The van der Waals surface area contributed by atoms with E-state index < -0.39 is 0 Å². The third-order valence-electron chi connectivity index (χ3n) is 10.2. The maximum Gasteiger partial charge on any atom is -0.0266 e. The summed E-state index contributed by atoms with van der Waals surface area (Å²) < 4.78 is 0. The Hall–Kier alpha value is 0. The zero-order chi connectivity index (χ0) is 20.6. The van der Waals surface area contributed by atoms with Crippen LogP contribution in [0.1, 0.15) is 113 Å². The Balaban J connectivity index is 1.40. The van der Waals surface area contributed by atoms with Crippen LogP contribution in [0.5, 0.6) is 0 Å². The molecule has 0 aromatic carbocycles. The first-order valence-corrected chi connectivity index (χ1v) is 13.2. The van der Waals surface area contributed by atoms with E-state index in [1.807, 2.05) is 0 Å². The van der Waals surface area contributed by atoms with E-state index in [0.29, 0.717) is 5.41 Å². The van der Waals surface area contributed by atoms with E-state index in [1.165, 1.54) is 51.4 Å². The summed E-state index contributed by atoms with van der Waals surface area (Å²) in [7, 11) is 0. The molecular formula is C28H52. The smallest absolute Gasteiger partial charge is 0.0266 e. The van der Waals surface area contributed by atoms with Gasteiger partial charge >= 0.3 is 0 Å². The second-order valence-corrected chi connectivity index (χ2v) is 12.5. The second-order valence-electron chi connectivity index (χ2n) is 12.5. The highest BCUT2D eigenvalue weighted by atomic mass is 14.7. The van der Waals surface area contributed by atoms with Gasteiger partial charge in [-0.1, -0.05) is 74.7 Å². The summed E-state index contributed by atoms with van der Waals surface area (Å²) in [4.78, 5) is 0. The number of hydrogen-bond acceptors (Lipinski definition) is 0. The molecule has 0 aromatic heterocycles. The van der Waals surface area contributed by atoms with Crippen molar-refractivity contribution in [2.45, 2.75) is 113 Å². The van der Waals surface area contributed by atoms with Crippen LogP contribution in [0, 0.1) is 64.6 Å². The molecule has 11 unspecified atom stereocenters. The number of rotatable bonds is 13. The topological polar surface area (TPSA) is 0 Å². The molecule has 0 saturated heterocycles. The summed E-state index contributed by atoms with van der Waals surface area (Å²) in [6.07, 6.45) is 13.3. The molecule has 3 fully saturated rings. The van der Waals surface area contributed by atoms with E-state index in [1.54, 1.807) is 6.42 Å². The average Bonchev–Trinajstić information content (AvgIpc) is 3.55. The molecule has 11 atom stereocenters. The lowest BCUT2D eigenvalue weighted by Crippen LogP contribution is -2.18. The van der Waals surface area contributed by atoms with Gasteiger partial charge in [-0.25, -0.2) is 0 Å². The highest BCUT2D eigenvalue weighted by Crippen LogP contribution is 2.69. The lowest BCUT2D eigenvalue weighted by molar-refractivity contribution is 0.234. The minimum Gasteiger partial charge on any atom is -0.0654 e. The third kappa shape index (κ3) is 5.18. The largest absolute Gasteiger partial charge is 0.0654 e. The first-order chi connectivity index (χ1) is 13.2. The summed E-state index contributed by atoms with van der Waals surface area (Å²) in [6, 6.07) is 0. The van der Waals surface area contributed by atoms with Crippen molar-refractivity contribution in [1.29, 1.82) is 0 Å². The van der Waals surface area contributed by atoms with E-state index >= 15 is 0 Å². The predicted octanol–water partition coefficient (Wildman–Crippen LogP) is 8.85. The van der Waals surface area contributed by atoms with E-state index in [0.717, 1.165) is 59.2 Å². The van der Waals surface area contributed by atoms with Crippen LogP contribution in [-0.4, -0.2) is 0 Å². The fraction of sp³-hybridized carbons (Fsp3) is 1.00. The zero-order valence-electron chi connectivity index (χ0n) is 20.6. The standard InChI is InChI=1S/C28H52/c1-9-11-23(10-2)13-18(3)12-21(6)28(8)17-27(28)26-16-24(26)14-19(4)22(7)25-15-20(25)5/h18-27H,9-17H2,1-8H3. The highest BCUT2D eigenvalue weighted by Gasteiger charge is 2.62. The Morgan fingerprint density at radius 3 is 2.25 bits per heavy atom. The van der Waals surface area contributed by atoms with Crippen LogP contribution in [0.25, 0.3) is 0 Å². The Morgan fingerprint density at radius 2 is 1.68 bits per heavy atom. The molecule has 164 valence electrons. The van der Waals surface area contributed by atoms with Crippen LogP contribution in [0.15, 0.2) is 0 Å². The minimum atomic E-state index is 0.681. The maximum atomic E-state index is 2.64. The molecule has 0 heterocycles. The Kier molecular flexibility index (Phi) is 7.30. The summed E-state index contributed by atoms with van der Waals surface area (Å²) in [6.45, 7) is 20.1. The SMILES string of the molecule is CCCC(CC)CC(C)CC(C)C1(C)CC1C1CC1CC(C)C(C)C1CC1C. The van der Waals surface area contributed by atoms with E-state index in [2.05, 4.69) is 55.4 Å². The van der Waals surface area contributed by atoms with Crippen LogP contribution in [0.4, 0.5) is 0 Å². The fourth-order valence-corrected chi connectivity index (χ4v) is 7.29. The molecule has 0 heteroatoms. The van der Waals surface area contributed by atoms with E-state index in [9.17, 15) is 0 Å². The van der Waals surface area contributed by atoms with Crippen molar-refractivity contribution in [2.24, 2.45) is 64.6 Å². The lowest BCUT2D eigenvalue weighted by atomic mass is 9.79. The van der Waals surface area contributed by atoms with Crippen molar-refractivity contribution in [2.75, 3.05) is 0 Å². The number of hydrogen-bond donors (Lipinski definition) is 0. The monoisotopic (exact) mass is 388 g/mol. The summed E-state index contributed by atoms with van der Waals surface area (Å²) in [5.41, 5.74) is 0.681. The zero-order valence-corrected chi connectivity index (χ0v) is 20.6. The van der Waals surface area contributed by atoms with Gasteiger partial charge in [0.1, 0.15) is 0 Å². The van der Waals surface area contributed by atoms with Gasteiger partial charge in [0.15, 0.2) is 0 Å². The Morgan fingerprint density at radius 1 is 1.00 bits per heavy atom. The van der Waals surface area contributed by atoms with Gasteiger partial charge in [0.25, 0.3) is 0 Å². The normalized spacial score (nSPS) is 41.8. The Bertz CT molecular complexity index is 494. The average molecular weight is 389 g/mol. The van der Waals surface area contributed by atoms with Gasteiger partial charge in [0, 0.05) is 0 Å². The molecule has 0 aromatic rings. The second kappa shape index (κ2) is 9.01. The highest BCUT2D eigenvalue weighted by molar-refractivity contribution is 5.11. The fourth-order valence-electron chi connectivity index (χ4n) is 7.29. The summed E-state index contributed by atoms with van der Waals surface area (Å²) in [5.74, 6) is 10.1. The maximum absolute atomic E-state index is 2.64. The van der Waals surface area contributed by atoms with Gasteiger partial charge in [-0.05, 0) is 103 Å². The molecule has 3 aliphatic rings. The molecule has 28 heavy (non-hydrogen) atoms. The molecule has 0 bridgehead atoms. The Labute approximate surface area is 178 Å². The molecule has 0 spiro atoms. The van der Waals surface area contributed by atoms with Gasteiger partial charge < -0.3 is 0 Å². The van der Waals surface area contributed by atoms with Gasteiger partial charge in [-0.3, -0.25) is 0 Å². The summed E-state index contributed by atoms with van der Waals surface area (Å²) in [5, 5.41) is 0. The third-order valence-corrected chi connectivity index (χ3v) is 10.2. The van der Waals surface area contributed by atoms with E-state index in [4.69, 9.17) is 0 Å². The van der Waals surface area contributed by atoms with Crippen molar-refractivity contribution in [3.8, 4) is 0 Å². The van der Waals surface area contributed by atoms with Crippen molar-refractivity contribution < 1.29 is 0 Å². The van der Waals surface area contributed by atoms with Gasteiger partial charge in [-0.2, -0.15) is 0 Å². The predicted molar refractivity (Wildman–Crippen MR) is 124 cm³/mol. The van der Waals surface area contributed by atoms with Gasteiger partial charge in [0.2, 0.25) is 0 Å². The molecule has 3 aliphatic carbocycles. The van der Waals surface area contributed by atoms with Crippen LogP contribution in [-0.2, 0) is 0 Å². The molecule has 0 nitrogen and oxygen atoms in total. The van der Waals surface area contributed by atoms with Gasteiger partial charge in [0.05, 0.1) is 0 Å². The molecule has 3 saturated carbocycles. The van der Waals surface area contributed by atoms with Gasteiger partial charge in [-0.15, -0.1) is 0 Å². The van der Waals surface area contributed by atoms with E-state index in [-0.39, 0.29) is 0 Å². The van der Waals surface area contributed by atoms with Crippen LogP contribution in [0.2, 0.25) is 0 Å². The van der Waals surface area contributed by atoms with Crippen molar-refractivity contribution in [1.82, 2.24) is 0 Å². The minimum absolute atomic E-state index is 0.681. The van der Waals surface area contributed by atoms with Crippen molar-refractivity contribution in [3.05, 3.63) is 0 Å². The molecule has 0 aliphatic heterocycles. The first kappa shape index (κ1) is 22.7. The first-order valence-electron chi connectivity index (χ1n) is 13.2. The van der Waals surface area contributed by atoms with Crippen LogP contribution >= 0.6 is 0 Å². The van der Waals surface area contributed by atoms with Crippen LogP contribution in [0.3, 0.4) is 0 Å². The van der Waals surface area contributed by atoms with Crippen molar-refractivity contribution >= 4 is 0 Å². The quantitative estimate of drug-likeness (QED) is 0.295. The lowest BCUT2D eigenvalue weighted by Gasteiger charge is -2.27.